The third-order valence-electron chi connectivity index (χ3n) is 3.76. The third kappa shape index (κ3) is 4.20. The second-order valence-electron chi connectivity index (χ2n) is 5.58. The zero-order valence-electron chi connectivity index (χ0n) is 12.5. The molecule has 1 atom stereocenters. The maximum atomic E-state index is 6.00. The predicted octanol–water partition coefficient (Wildman–Crippen LogP) is 3.34. The van der Waals surface area contributed by atoms with Crippen LogP contribution >= 0.6 is 0 Å². The molecule has 1 unspecified atom stereocenters. The lowest BCUT2D eigenvalue weighted by molar-refractivity contribution is 0.0998. The first-order valence-corrected chi connectivity index (χ1v) is 7.51. The lowest BCUT2D eigenvalue weighted by Crippen LogP contribution is -2.43. The van der Waals surface area contributed by atoms with Gasteiger partial charge in [0.15, 0.2) is 0 Å². The van der Waals surface area contributed by atoms with Crippen molar-refractivity contribution in [3.63, 3.8) is 0 Å². The molecule has 0 N–H and O–H groups in total. The molecular formula is C16H26N2O. The maximum Gasteiger partial charge on any atom is 0.122 e. The van der Waals surface area contributed by atoms with Crippen LogP contribution in [-0.2, 0) is 0 Å². The fraction of sp³-hybridized carbons (Fsp3) is 0.688. The van der Waals surface area contributed by atoms with E-state index >= 15 is 0 Å². The second kappa shape index (κ2) is 6.90. The van der Waals surface area contributed by atoms with Crippen molar-refractivity contribution in [3.8, 4) is 5.75 Å². The van der Waals surface area contributed by atoms with Gasteiger partial charge in [0.05, 0.1) is 0 Å². The van der Waals surface area contributed by atoms with E-state index in [4.69, 9.17) is 4.74 Å². The number of likely N-dealkylation sites (tertiary alicyclic amines) is 1. The third-order valence-corrected chi connectivity index (χ3v) is 3.76. The zero-order chi connectivity index (χ0) is 13.7. The minimum Gasteiger partial charge on any atom is -0.492 e. The summed E-state index contributed by atoms with van der Waals surface area (Å²) in [7, 11) is 0. The highest BCUT2D eigenvalue weighted by atomic mass is 16.5. The minimum absolute atomic E-state index is 0.586. The summed E-state index contributed by atoms with van der Waals surface area (Å²) in [6.07, 6.45) is 5.17. The van der Waals surface area contributed by atoms with Crippen molar-refractivity contribution < 1.29 is 4.74 Å². The molecule has 3 nitrogen and oxygen atoms in total. The van der Waals surface area contributed by atoms with Crippen molar-refractivity contribution in [3.05, 3.63) is 23.5 Å². The van der Waals surface area contributed by atoms with Crippen LogP contribution in [0.1, 0.15) is 44.0 Å². The van der Waals surface area contributed by atoms with Crippen molar-refractivity contribution in [1.29, 1.82) is 0 Å². The number of hydrogen-bond acceptors (Lipinski definition) is 3. The Morgan fingerprint density at radius 1 is 1.26 bits per heavy atom. The molecule has 0 radical (unpaired) electrons. The van der Waals surface area contributed by atoms with Crippen molar-refractivity contribution in [1.82, 2.24) is 9.88 Å². The van der Waals surface area contributed by atoms with Gasteiger partial charge in [-0.25, -0.2) is 0 Å². The standard InChI is InChI=1S/C16H26N2O/c1-4-8-18-9-6-5-7-15(18)12-19-16-10-13(2)17-14(3)11-16/h10-11,15H,4-9,12H2,1-3H3. The largest absolute Gasteiger partial charge is 0.492 e. The molecule has 106 valence electrons. The van der Waals surface area contributed by atoms with Gasteiger partial charge < -0.3 is 4.74 Å². The van der Waals surface area contributed by atoms with Gasteiger partial charge in [0.2, 0.25) is 0 Å². The quantitative estimate of drug-likeness (QED) is 0.813. The molecule has 2 heterocycles. The summed E-state index contributed by atoms with van der Waals surface area (Å²) in [5.41, 5.74) is 2.06. The molecule has 1 fully saturated rings. The molecule has 0 saturated carbocycles. The van der Waals surface area contributed by atoms with Gasteiger partial charge in [0.1, 0.15) is 12.4 Å². The molecule has 0 spiro atoms. The van der Waals surface area contributed by atoms with Crippen molar-refractivity contribution in [2.75, 3.05) is 19.7 Å². The summed E-state index contributed by atoms with van der Waals surface area (Å²) in [5.74, 6) is 0.965. The SMILES string of the molecule is CCCN1CCCCC1COc1cc(C)nc(C)c1. The molecule has 1 aromatic heterocycles. The van der Waals surface area contributed by atoms with Crippen molar-refractivity contribution in [2.45, 2.75) is 52.5 Å². The van der Waals surface area contributed by atoms with E-state index in [0.29, 0.717) is 6.04 Å². The van der Waals surface area contributed by atoms with Crippen LogP contribution in [0, 0.1) is 13.8 Å². The fourth-order valence-corrected chi connectivity index (χ4v) is 2.90. The van der Waals surface area contributed by atoms with Crippen LogP contribution < -0.4 is 4.74 Å². The van der Waals surface area contributed by atoms with Gasteiger partial charge >= 0.3 is 0 Å². The monoisotopic (exact) mass is 262 g/mol. The smallest absolute Gasteiger partial charge is 0.122 e. The Balaban J connectivity index is 1.92. The summed E-state index contributed by atoms with van der Waals surface area (Å²) in [6.45, 7) is 9.53. The van der Waals surface area contributed by atoms with Crippen molar-refractivity contribution >= 4 is 0 Å². The number of ether oxygens (including phenoxy) is 1. The van der Waals surface area contributed by atoms with E-state index in [1.165, 1.54) is 38.8 Å². The molecule has 0 aliphatic carbocycles. The Morgan fingerprint density at radius 3 is 2.68 bits per heavy atom. The fourth-order valence-electron chi connectivity index (χ4n) is 2.90. The number of hydrogen-bond donors (Lipinski definition) is 0. The molecule has 0 bridgehead atoms. The predicted molar refractivity (Wildman–Crippen MR) is 78.7 cm³/mol. The molecular weight excluding hydrogens is 236 g/mol. The molecule has 1 aromatic rings. The molecule has 1 aliphatic rings. The number of pyridine rings is 1. The summed E-state index contributed by atoms with van der Waals surface area (Å²) < 4.78 is 6.00. The highest BCUT2D eigenvalue weighted by molar-refractivity contribution is 5.26. The molecule has 0 amide bonds. The molecule has 0 aromatic carbocycles. The van der Waals surface area contributed by atoms with E-state index in [-0.39, 0.29) is 0 Å². The Kier molecular flexibility index (Phi) is 5.20. The van der Waals surface area contributed by atoms with E-state index in [1.54, 1.807) is 0 Å². The van der Waals surface area contributed by atoms with Crippen LogP contribution in [0.4, 0.5) is 0 Å². The van der Waals surface area contributed by atoms with E-state index in [9.17, 15) is 0 Å². The minimum atomic E-state index is 0.586. The van der Waals surface area contributed by atoms with Gasteiger partial charge in [-0.15, -0.1) is 0 Å². The van der Waals surface area contributed by atoms with Crippen LogP contribution in [0.5, 0.6) is 5.75 Å². The molecule has 3 heteroatoms. The van der Waals surface area contributed by atoms with Crippen LogP contribution in [0.25, 0.3) is 0 Å². The summed E-state index contributed by atoms with van der Waals surface area (Å²) in [6, 6.07) is 4.64. The van der Waals surface area contributed by atoms with E-state index in [0.717, 1.165) is 23.7 Å². The molecule has 1 saturated heterocycles. The summed E-state index contributed by atoms with van der Waals surface area (Å²) in [4.78, 5) is 6.97. The van der Waals surface area contributed by atoms with E-state index in [2.05, 4.69) is 16.8 Å². The topological polar surface area (TPSA) is 25.4 Å². The number of rotatable bonds is 5. The van der Waals surface area contributed by atoms with Gasteiger partial charge in [-0.1, -0.05) is 13.3 Å². The Hall–Kier alpha value is -1.09. The number of aryl methyl sites for hydroxylation is 2. The van der Waals surface area contributed by atoms with E-state index < -0.39 is 0 Å². The molecule has 1 aliphatic heterocycles. The van der Waals surface area contributed by atoms with Crippen LogP contribution in [-0.4, -0.2) is 35.6 Å². The molecule has 2 rings (SSSR count). The van der Waals surface area contributed by atoms with E-state index in [1.807, 2.05) is 26.0 Å². The Morgan fingerprint density at radius 2 is 2.00 bits per heavy atom. The number of piperidine rings is 1. The van der Waals surface area contributed by atoms with Crippen LogP contribution in [0.3, 0.4) is 0 Å². The highest BCUT2D eigenvalue weighted by Gasteiger charge is 2.22. The number of nitrogens with zero attached hydrogens (tertiary/aromatic N) is 2. The lowest BCUT2D eigenvalue weighted by Gasteiger charge is -2.35. The first kappa shape index (κ1) is 14.3. The van der Waals surface area contributed by atoms with Gasteiger partial charge in [-0.2, -0.15) is 0 Å². The van der Waals surface area contributed by atoms with Gasteiger partial charge in [-0.3, -0.25) is 9.88 Å². The average Bonchev–Trinajstić information content (AvgIpc) is 2.37. The average molecular weight is 262 g/mol. The van der Waals surface area contributed by atoms with Gasteiger partial charge in [0, 0.05) is 29.6 Å². The first-order chi connectivity index (χ1) is 9.19. The summed E-state index contributed by atoms with van der Waals surface area (Å²) >= 11 is 0. The van der Waals surface area contributed by atoms with Crippen LogP contribution in [0.15, 0.2) is 12.1 Å². The van der Waals surface area contributed by atoms with Crippen LogP contribution in [0.2, 0.25) is 0 Å². The van der Waals surface area contributed by atoms with Gasteiger partial charge in [0.25, 0.3) is 0 Å². The Bertz CT molecular complexity index is 383. The first-order valence-electron chi connectivity index (χ1n) is 7.51. The lowest BCUT2D eigenvalue weighted by atomic mass is 10.0. The number of aromatic nitrogens is 1. The maximum absolute atomic E-state index is 6.00. The molecule has 19 heavy (non-hydrogen) atoms. The summed E-state index contributed by atoms with van der Waals surface area (Å²) in [5, 5.41) is 0. The van der Waals surface area contributed by atoms with Gasteiger partial charge in [-0.05, 0) is 46.2 Å². The highest BCUT2D eigenvalue weighted by Crippen LogP contribution is 2.20. The zero-order valence-corrected chi connectivity index (χ0v) is 12.5. The van der Waals surface area contributed by atoms with Crippen molar-refractivity contribution in [2.24, 2.45) is 0 Å². The Labute approximate surface area is 117 Å². The normalized spacial score (nSPS) is 20.5. The second-order valence-corrected chi connectivity index (χ2v) is 5.58.